The molecule has 1 aromatic heterocycles. The minimum atomic E-state index is 0.270. The molecule has 3 nitrogen and oxygen atoms in total. The number of ether oxygens (including phenoxy) is 1. The molecule has 1 aromatic carbocycles. The van der Waals surface area contributed by atoms with E-state index in [2.05, 4.69) is 10.5 Å². The number of hydrogen-bond donors (Lipinski definition) is 1. The molecule has 1 heterocycles. The first-order valence-corrected chi connectivity index (χ1v) is 6.66. The molecule has 1 N–H and O–H groups in total. The van der Waals surface area contributed by atoms with Crippen LogP contribution in [0.15, 0.2) is 52.9 Å². The van der Waals surface area contributed by atoms with Crippen molar-refractivity contribution in [1.82, 2.24) is 5.43 Å². The van der Waals surface area contributed by atoms with Gasteiger partial charge in [0.2, 0.25) is 0 Å². The molecule has 0 radical (unpaired) electrons. The Morgan fingerprint density at radius 3 is 2.83 bits per heavy atom. The van der Waals surface area contributed by atoms with Crippen LogP contribution in [0.2, 0.25) is 0 Å². The van der Waals surface area contributed by atoms with Gasteiger partial charge in [0, 0.05) is 4.88 Å². The maximum Gasteiger partial charge on any atom is 0.277 e. The van der Waals surface area contributed by atoms with Crippen molar-refractivity contribution in [2.75, 3.05) is 0 Å². The largest absolute Gasteiger partial charge is 0.465 e. The van der Waals surface area contributed by atoms with E-state index in [-0.39, 0.29) is 5.17 Å². The number of thiophene rings is 1. The Hall–Kier alpha value is -1.72. The lowest BCUT2D eigenvalue weighted by Crippen LogP contribution is -2.18. The van der Waals surface area contributed by atoms with Gasteiger partial charge in [-0.1, -0.05) is 36.4 Å². The van der Waals surface area contributed by atoms with E-state index >= 15 is 0 Å². The summed E-state index contributed by atoms with van der Waals surface area (Å²) in [6, 6.07) is 13.8. The van der Waals surface area contributed by atoms with Crippen LogP contribution in [0.1, 0.15) is 10.4 Å². The second-order valence-corrected chi connectivity index (χ2v) is 4.80. The molecule has 0 aliphatic heterocycles. The molecular formula is C13H12N2OS2. The van der Waals surface area contributed by atoms with E-state index in [0.717, 1.165) is 10.4 Å². The van der Waals surface area contributed by atoms with Crippen molar-refractivity contribution in [2.45, 2.75) is 6.61 Å². The van der Waals surface area contributed by atoms with Crippen LogP contribution in [-0.4, -0.2) is 11.4 Å². The highest BCUT2D eigenvalue weighted by Gasteiger charge is 1.96. The molecule has 92 valence electrons. The third-order valence-electron chi connectivity index (χ3n) is 2.10. The smallest absolute Gasteiger partial charge is 0.277 e. The first kappa shape index (κ1) is 12.7. The highest BCUT2D eigenvalue weighted by atomic mass is 32.1. The Bertz CT molecular complexity index is 509. The predicted octanol–water partition coefficient (Wildman–Crippen LogP) is 3.17. The summed E-state index contributed by atoms with van der Waals surface area (Å²) in [6.45, 7) is 0.446. The van der Waals surface area contributed by atoms with Gasteiger partial charge in [-0.2, -0.15) is 5.10 Å². The SMILES string of the molecule is S=C(NN=Cc1cccs1)OCc1ccccc1. The monoisotopic (exact) mass is 276 g/mol. The lowest BCUT2D eigenvalue weighted by Gasteiger charge is -2.05. The summed E-state index contributed by atoms with van der Waals surface area (Å²) in [4.78, 5) is 1.06. The molecule has 0 fully saturated rings. The van der Waals surface area contributed by atoms with Gasteiger partial charge in [0.25, 0.3) is 5.17 Å². The number of rotatable bonds is 4. The van der Waals surface area contributed by atoms with E-state index in [1.807, 2.05) is 47.8 Å². The minimum Gasteiger partial charge on any atom is -0.465 e. The van der Waals surface area contributed by atoms with Crippen LogP contribution in [0.25, 0.3) is 0 Å². The van der Waals surface area contributed by atoms with Gasteiger partial charge in [0.05, 0.1) is 6.21 Å². The predicted molar refractivity (Wildman–Crippen MR) is 78.9 cm³/mol. The third kappa shape index (κ3) is 4.27. The fourth-order valence-corrected chi connectivity index (χ4v) is 1.97. The Morgan fingerprint density at radius 1 is 1.28 bits per heavy atom. The summed E-state index contributed by atoms with van der Waals surface area (Å²) in [6.07, 6.45) is 1.71. The quantitative estimate of drug-likeness (QED) is 0.529. The topological polar surface area (TPSA) is 33.6 Å². The van der Waals surface area contributed by atoms with Crippen LogP contribution >= 0.6 is 23.6 Å². The van der Waals surface area contributed by atoms with Gasteiger partial charge >= 0.3 is 0 Å². The van der Waals surface area contributed by atoms with Crippen LogP contribution in [0.3, 0.4) is 0 Å². The van der Waals surface area contributed by atoms with Crippen molar-refractivity contribution in [3.63, 3.8) is 0 Å². The summed E-state index contributed by atoms with van der Waals surface area (Å²) < 4.78 is 5.36. The molecule has 0 unspecified atom stereocenters. The number of nitrogens with zero attached hydrogens (tertiary/aromatic N) is 1. The van der Waals surface area contributed by atoms with Gasteiger partial charge in [0.1, 0.15) is 6.61 Å². The van der Waals surface area contributed by atoms with E-state index in [1.54, 1.807) is 17.6 Å². The highest BCUT2D eigenvalue weighted by molar-refractivity contribution is 7.80. The van der Waals surface area contributed by atoms with Crippen molar-refractivity contribution in [3.05, 3.63) is 58.3 Å². The summed E-state index contributed by atoms with van der Waals surface area (Å²) in [7, 11) is 0. The molecule has 0 saturated heterocycles. The number of hydrogen-bond acceptors (Lipinski definition) is 4. The molecule has 2 rings (SSSR count). The van der Waals surface area contributed by atoms with Crippen LogP contribution in [0.5, 0.6) is 0 Å². The highest BCUT2D eigenvalue weighted by Crippen LogP contribution is 2.04. The molecule has 0 bridgehead atoms. The maximum absolute atomic E-state index is 5.36. The van der Waals surface area contributed by atoms with Gasteiger partial charge in [-0.05, 0) is 29.2 Å². The molecule has 0 amide bonds. The van der Waals surface area contributed by atoms with Crippen molar-refractivity contribution < 1.29 is 4.74 Å². The third-order valence-corrected chi connectivity index (χ3v) is 3.12. The maximum atomic E-state index is 5.36. The van der Waals surface area contributed by atoms with Crippen molar-refractivity contribution >= 4 is 34.9 Å². The second kappa shape index (κ2) is 6.88. The van der Waals surface area contributed by atoms with E-state index in [0.29, 0.717) is 6.61 Å². The molecule has 0 spiro atoms. The van der Waals surface area contributed by atoms with E-state index in [9.17, 15) is 0 Å². The van der Waals surface area contributed by atoms with Gasteiger partial charge in [-0.15, -0.1) is 11.3 Å². The van der Waals surface area contributed by atoms with Crippen molar-refractivity contribution in [3.8, 4) is 0 Å². The van der Waals surface area contributed by atoms with Crippen LogP contribution in [0.4, 0.5) is 0 Å². The van der Waals surface area contributed by atoms with Crippen molar-refractivity contribution in [1.29, 1.82) is 0 Å². The zero-order valence-corrected chi connectivity index (χ0v) is 11.2. The molecule has 5 heteroatoms. The van der Waals surface area contributed by atoms with Gasteiger partial charge in [-0.25, -0.2) is 5.43 Å². The van der Waals surface area contributed by atoms with Gasteiger partial charge in [0.15, 0.2) is 0 Å². The lowest BCUT2D eigenvalue weighted by molar-refractivity contribution is 0.287. The first-order valence-electron chi connectivity index (χ1n) is 5.38. The zero-order valence-electron chi connectivity index (χ0n) is 9.58. The van der Waals surface area contributed by atoms with E-state index in [4.69, 9.17) is 17.0 Å². The minimum absolute atomic E-state index is 0.270. The Labute approximate surface area is 115 Å². The van der Waals surface area contributed by atoms with Crippen LogP contribution < -0.4 is 5.43 Å². The molecule has 0 atom stereocenters. The Kier molecular flexibility index (Phi) is 4.87. The summed E-state index contributed by atoms with van der Waals surface area (Å²) in [5, 5.41) is 6.26. The average Bonchev–Trinajstić information content (AvgIpc) is 2.91. The fourth-order valence-electron chi connectivity index (χ4n) is 1.27. The molecule has 2 aromatic rings. The standard InChI is InChI=1S/C13H12N2OS2/c17-13(15-14-9-12-7-4-8-18-12)16-10-11-5-2-1-3-6-11/h1-9H,10H2,(H,15,17). The molecule has 0 aliphatic rings. The average molecular weight is 276 g/mol. The summed E-state index contributed by atoms with van der Waals surface area (Å²) in [5.41, 5.74) is 3.75. The van der Waals surface area contributed by atoms with E-state index < -0.39 is 0 Å². The summed E-state index contributed by atoms with van der Waals surface area (Å²) in [5.74, 6) is 0. The van der Waals surface area contributed by atoms with E-state index in [1.165, 1.54) is 0 Å². The molecular weight excluding hydrogens is 264 g/mol. The number of thiocarbonyl (C=S) groups is 1. The number of hydrazone groups is 1. The summed E-state index contributed by atoms with van der Waals surface area (Å²) >= 11 is 6.62. The van der Waals surface area contributed by atoms with Crippen LogP contribution in [0, 0.1) is 0 Å². The Morgan fingerprint density at radius 2 is 2.11 bits per heavy atom. The lowest BCUT2D eigenvalue weighted by atomic mass is 10.2. The number of nitrogens with one attached hydrogen (secondary N) is 1. The van der Waals surface area contributed by atoms with Gasteiger partial charge < -0.3 is 4.74 Å². The van der Waals surface area contributed by atoms with Crippen molar-refractivity contribution in [2.24, 2.45) is 5.10 Å². The van der Waals surface area contributed by atoms with Crippen LogP contribution in [-0.2, 0) is 11.3 Å². The number of benzene rings is 1. The van der Waals surface area contributed by atoms with Gasteiger partial charge in [-0.3, -0.25) is 0 Å². The second-order valence-electron chi connectivity index (χ2n) is 3.45. The Balaban J connectivity index is 1.73. The normalized spacial score (nSPS) is 10.4. The first-order chi connectivity index (χ1) is 8.84. The molecule has 0 saturated carbocycles. The fraction of sp³-hybridized carbons (Fsp3) is 0.0769. The molecule has 18 heavy (non-hydrogen) atoms. The zero-order chi connectivity index (χ0) is 12.6. The molecule has 0 aliphatic carbocycles.